The Bertz CT molecular complexity index is 317. The summed E-state index contributed by atoms with van der Waals surface area (Å²) in [6, 6.07) is 8.21. The molecule has 0 amide bonds. The average Bonchev–Trinajstić information content (AvgIpc) is 2.09. The van der Waals surface area contributed by atoms with E-state index in [4.69, 9.17) is 0 Å². The Hall–Kier alpha value is -1.48. The fourth-order valence-corrected chi connectivity index (χ4v) is 0.845. The maximum Gasteiger partial charge on any atom is 0.0248 e. The average molecular weight is 156 g/mol. The SMILES string of the molecule is C/C=C\C#Cc1ccc(C)cc1. The van der Waals surface area contributed by atoms with Crippen LogP contribution in [0.5, 0.6) is 0 Å². The Kier molecular flexibility index (Phi) is 3.17. The lowest BCUT2D eigenvalue weighted by molar-refractivity contribution is 1.46. The van der Waals surface area contributed by atoms with E-state index in [-0.39, 0.29) is 0 Å². The van der Waals surface area contributed by atoms with Gasteiger partial charge in [-0.05, 0) is 32.1 Å². The molecule has 0 spiro atoms. The van der Waals surface area contributed by atoms with Gasteiger partial charge in [-0.2, -0.15) is 0 Å². The van der Waals surface area contributed by atoms with Crippen molar-refractivity contribution in [3.63, 3.8) is 0 Å². The summed E-state index contributed by atoms with van der Waals surface area (Å²) in [5, 5.41) is 0. The van der Waals surface area contributed by atoms with Crippen LogP contribution in [0.25, 0.3) is 0 Å². The first-order chi connectivity index (χ1) is 5.83. The van der Waals surface area contributed by atoms with E-state index in [0.717, 1.165) is 5.56 Å². The van der Waals surface area contributed by atoms with E-state index in [1.165, 1.54) is 5.56 Å². The van der Waals surface area contributed by atoms with Crippen LogP contribution >= 0.6 is 0 Å². The highest BCUT2D eigenvalue weighted by Gasteiger charge is 1.83. The maximum absolute atomic E-state index is 3.04. The summed E-state index contributed by atoms with van der Waals surface area (Å²) in [5.41, 5.74) is 2.34. The molecule has 0 aliphatic heterocycles. The van der Waals surface area contributed by atoms with Crippen molar-refractivity contribution in [2.24, 2.45) is 0 Å². The Balaban J connectivity index is 2.79. The molecular weight excluding hydrogens is 144 g/mol. The monoisotopic (exact) mass is 156 g/mol. The Morgan fingerprint density at radius 3 is 2.42 bits per heavy atom. The molecule has 0 saturated heterocycles. The lowest BCUT2D eigenvalue weighted by Crippen LogP contribution is -1.73. The van der Waals surface area contributed by atoms with Gasteiger partial charge in [0.1, 0.15) is 0 Å². The third-order valence-electron chi connectivity index (χ3n) is 1.52. The Morgan fingerprint density at radius 1 is 1.17 bits per heavy atom. The van der Waals surface area contributed by atoms with Crippen LogP contribution in [0.3, 0.4) is 0 Å². The molecule has 1 rings (SSSR count). The molecule has 12 heavy (non-hydrogen) atoms. The minimum Gasteiger partial charge on any atom is -0.0793 e. The summed E-state index contributed by atoms with van der Waals surface area (Å²) in [6.07, 6.45) is 3.78. The number of rotatable bonds is 0. The highest BCUT2D eigenvalue weighted by Crippen LogP contribution is 2.00. The summed E-state index contributed by atoms with van der Waals surface area (Å²) in [5.74, 6) is 5.98. The molecule has 0 N–H and O–H groups in total. The third-order valence-corrected chi connectivity index (χ3v) is 1.52. The second-order valence-corrected chi connectivity index (χ2v) is 2.64. The van der Waals surface area contributed by atoms with Crippen molar-refractivity contribution in [2.45, 2.75) is 13.8 Å². The molecule has 0 aliphatic rings. The lowest BCUT2D eigenvalue weighted by Gasteiger charge is -1.90. The van der Waals surface area contributed by atoms with Crippen molar-refractivity contribution in [1.82, 2.24) is 0 Å². The minimum atomic E-state index is 1.07. The summed E-state index contributed by atoms with van der Waals surface area (Å²) in [4.78, 5) is 0. The molecule has 0 unspecified atom stereocenters. The van der Waals surface area contributed by atoms with Crippen LogP contribution in [0.15, 0.2) is 36.4 Å². The van der Waals surface area contributed by atoms with E-state index in [2.05, 4.69) is 30.9 Å². The van der Waals surface area contributed by atoms with Crippen LogP contribution in [0.2, 0.25) is 0 Å². The molecule has 60 valence electrons. The van der Waals surface area contributed by atoms with Crippen molar-refractivity contribution in [3.05, 3.63) is 47.5 Å². The fraction of sp³-hybridized carbons (Fsp3) is 0.167. The minimum absolute atomic E-state index is 1.07. The van der Waals surface area contributed by atoms with Crippen molar-refractivity contribution >= 4 is 0 Å². The van der Waals surface area contributed by atoms with Crippen LogP contribution in [0.1, 0.15) is 18.1 Å². The molecule has 0 aliphatic carbocycles. The van der Waals surface area contributed by atoms with Gasteiger partial charge in [-0.3, -0.25) is 0 Å². The van der Waals surface area contributed by atoms with Gasteiger partial charge in [0.15, 0.2) is 0 Å². The van der Waals surface area contributed by atoms with Gasteiger partial charge in [-0.15, -0.1) is 0 Å². The molecule has 0 heterocycles. The Labute approximate surface area is 73.9 Å². The molecule has 0 saturated carbocycles. The smallest absolute Gasteiger partial charge is 0.0248 e. The van der Waals surface area contributed by atoms with Crippen molar-refractivity contribution in [2.75, 3.05) is 0 Å². The maximum atomic E-state index is 3.04. The first-order valence-corrected chi connectivity index (χ1v) is 4.02. The van der Waals surface area contributed by atoms with Crippen molar-refractivity contribution in [1.29, 1.82) is 0 Å². The second kappa shape index (κ2) is 4.41. The predicted octanol–water partition coefficient (Wildman–Crippen LogP) is 2.92. The quantitative estimate of drug-likeness (QED) is 0.507. The van der Waals surface area contributed by atoms with Crippen molar-refractivity contribution in [3.8, 4) is 11.8 Å². The molecule has 0 bridgehead atoms. The largest absolute Gasteiger partial charge is 0.0793 e. The molecule has 0 heteroatoms. The number of benzene rings is 1. The van der Waals surface area contributed by atoms with Crippen LogP contribution in [-0.2, 0) is 0 Å². The van der Waals surface area contributed by atoms with Crippen LogP contribution < -0.4 is 0 Å². The van der Waals surface area contributed by atoms with E-state index in [1.54, 1.807) is 0 Å². The fourth-order valence-electron chi connectivity index (χ4n) is 0.845. The van der Waals surface area contributed by atoms with Crippen LogP contribution in [-0.4, -0.2) is 0 Å². The zero-order chi connectivity index (χ0) is 8.81. The van der Waals surface area contributed by atoms with E-state index >= 15 is 0 Å². The number of allylic oxidation sites excluding steroid dienone is 2. The van der Waals surface area contributed by atoms with Gasteiger partial charge in [0.25, 0.3) is 0 Å². The second-order valence-electron chi connectivity index (χ2n) is 2.64. The van der Waals surface area contributed by atoms with Crippen LogP contribution in [0.4, 0.5) is 0 Å². The number of hydrogen-bond donors (Lipinski definition) is 0. The summed E-state index contributed by atoms with van der Waals surface area (Å²) in [6.45, 7) is 4.03. The molecule has 1 aromatic carbocycles. The van der Waals surface area contributed by atoms with Gasteiger partial charge < -0.3 is 0 Å². The first-order valence-electron chi connectivity index (χ1n) is 4.02. The lowest BCUT2D eigenvalue weighted by atomic mass is 10.1. The number of hydrogen-bond acceptors (Lipinski definition) is 0. The highest BCUT2D eigenvalue weighted by atomic mass is 13.9. The first kappa shape index (κ1) is 8.62. The van der Waals surface area contributed by atoms with Gasteiger partial charge in [0.2, 0.25) is 0 Å². The van der Waals surface area contributed by atoms with Gasteiger partial charge in [0.05, 0.1) is 0 Å². The summed E-state index contributed by atoms with van der Waals surface area (Å²) < 4.78 is 0. The summed E-state index contributed by atoms with van der Waals surface area (Å²) >= 11 is 0. The van der Waals surface area contributed by atoms with E-state index in [1.807, 2.05) is 31.2 Å². The molecule has 0 nitrogen and oxygen atoms in total. The van der Waals surface area contributed by atoms with Crippen molar-refractivity contribution < 1.29 is 0 Å². The highest BCUT2D eigenvalue weighted by molar-refractivity contribution is 5.37. The predicted molar refractivity (Wildman–Crippen MR) is 52.9 cm³/mol. The van der Waals surface area contributed by atoms with Gasteiger partial charge in [0, 0.05) is 5.56 Å². The molecule has 0 aromatic heterocycles. The molecule has 1 aromatic rings. The van der Waals surface area contributed by atoms with Gasteiger partial charge in [-0.25, -0.2) is 0 Å². The van der Waals surface area contributed by atoms with Crippen LogP contribution in [0, 0.1) is 18.8 Å². The molecular formula is C12H12. The van der Waals surface area contributed by atoms with Gasteiger partial charge in [-0.1, -0.05) is 35.6 Å². The zero-order valence-corrected chi connectivity index (χ0v) is 7.46. The number of aryl methyl sites for hydroxylation is 1. The van der Waals surface area contributed by atoms with E-state index < -0.39 is 0 Å². The normalized spacial score (nSPS) is 9.50. The van der Waals surface area contributed by atoms with Gasteiger partial charge >= 0.3 is 0 Å². The van der Waals surface area contributed by atoms with E-state index in [0.29, 0.717) is 0 Å². The summed E-state index contributed by atoms with van der Waals surface area (Å²) in [7, 11) is 0. The van der Waals surface area contributed by atoms with E-state index in [9.17, 15) is 0 Å². The zero-order valence-electron chi connectivity index (χ0n) is 7.46. The standard InChI is InChI=1S/C12H12/c1-3-4-5-6-12-9-7-11(2)8-10-12/h3-4,7-10H,1-2H3/b4-3-. The Morgan fingerprint density at radius 2 is 1.83 bits per heavy atom. The molecule has 0 radical (unpaired) electrons. The topological polar surface area (TPSA) is 0 Å². The molecule has 0 atom stereocenters. The third kappa shape index (κ3) is 2.64. The molecule has 0 fully saturated rings.